The largest absolute Gasteiger partial charge is 0.465 e. The molecule has 0 aliphatic rings. The lowest BCUT2D eigenvalue weighted by Gasteiger charge is -2.04. The molecule has 0 saturated heterocycles. The fourth-order valence-electron chi connectivity index (χ4n) is 1.47. The average molecular weight is 308 g/mol. The van der Waals surface area contributed by atoms with Crippen molar-refractivity contribution in [1.29, 1.82) is 5.26 Å². The van der Waals surface area contributed by atoms with Crippen LogP contribution in [0.15, 0.2) is 29.8 Å². The molecular weight excluding hydrogens is 294 g/mol. The summed E-state index contributed by atoms with van der Waals surface area (Å²) in [5.41, 5.74) is 0.419. The van der Waals surface area contributed by atoms with Gasteiger partial charge in [-0.15, -0.1) is 11.6 Å². The third kappa shape index (κ3) is 5.67. The molecular formula is C15H14ClNO4. The summed E-state index contributed by atoms with van der Waals surface area (Å²) in [6.45, 7) is 0. The van der Waals surface area contributed by atoms with E-state index in [2.05, 4.69) is 4.74 Å². The Kier molecular flexibility index (Phi) is 6.99. The topological polar surface area (TPSA) is 76.4 Å². The van der Waals surface area contributed by atoms with Crippen LogP contribution in [0.3, 0.4) is 0 Å². The number of nitriles is 1. The molecule has 1 rings (SSSR count). The molecule has 0 aromatic heterocycles. The maximum absolute atomic E-state index is 11.5. The normalized spacial score (nSPS) is 10.6. The zero-order chi connectivity index (χ0) is 15.7. The van der Waals surface area contributed by atoms with E-state index in [-0.39, 0.29) is 18.0 Å². The highest BCUT2D eigenvalue weighted by Crippen LogP contribution is 2.17. The van der Waals surface area contributed by atoms with Crippen molar-refractivity contribution < 1.29 is 19.1 Å². The highest BCUT2D eigenvalue weighted by Gasteiger charge is 2.09. The minimum atomic E-state index is -0.720. The molecule has 0 fully saturated rings. The van der Waals surface area contributed by atoms with Gasteiger partial charge in [0.25, 0.3) is 0 Å². The van der Waals surface area contributed by atoms with Gasteiger partial charge in [0.1, 0.15) is 17.4 Å². The van der Waals surface area contributed by atoms with E-state index in [0.717, 1.165) is 0 Å². The number of esters is 2. The van der Waals surface area contributed by atoms with Crippen LogP contribution in [0.4, 0.5) is 0 Å². The van der Waals surface area contributed by atoms with Gasteiger partial charge in [0.05, 0.1) is 7.11 Å². The van der Waals surface area contributed by atoms with Crippen LogP contribution in [-0.4, -0.2) is 24.9 Å². The molecule has 0 amide bonds. The van der Waals surface area contributed by atoms with Gasteiger partial charge in [-0.25, -0.2) is 4.79 Å². The summed E-state index contributed by atoms with van der Waals surface area (Å²) in [6.07, 6.45) is 2.14. The van der Waals surface area contributed by atoms with Gasteiger partial charge in [-0.2, -0.15) is 5.26 Å². The van der Waals surface area contributed by atoms with Crippen molar-refractivity contribution in [3.05, 3.63) is 35.4 Å². The van der Waals surface area contributed by atoms with E-state index >= 15 is 0 Å². The van der Waals surface area contributed by atoms with E-state index < -0.39 is 5.97 Å². The molecule has 0 N–H and O–H groups in total. The number of alkyl halides is 1. The zero-order valence-electron chi connectivity index (χ0n) is 11.5. The second kappa shape index (κ2) is 8.77. The molecule has 21 heavy (non-hydrogen) atoms. The predicted molar refractivity (Wildman–Crippen MR) is 77.6 cm³/mol. The van der Waals surface area contributed by atoms with Crippen molar-refractivity contribution in [3.63, 3.8) is 0 Å². The summed E-state index contributed by atoms with van der Waals surface area (Å²) in [5.74, 6) is -0.375. The van der Waals surface area contributed by atoms with Gasteiger partial charge in [0.15, 0.2) is 0 Å². The molecule has 6 heteroatoms. The molecule has 0 saturated carbocycles. The first-order valence-electron chi connectivity index (χ1n) is 6.17. The number of carbonyl (C=O) groups excluding carboxylic acids is 2. The summed E-state index contributed by atoms with van der Waals surface area (Å²) >= 11 is 5.50. The fourth-order valence-corrected chi connectivity index (χ4v) is 1.61. The van der Waals surface area contributed by atoms with E-state index in [9.17, 15) is 9.59 Å². The number of halogens is 1. The van der Waals surface area contributed by atoms with Gasteiger partial charge >= 0.3 is 11.9 Å². The number of benzene rings is 1. The molecule has 0 radical (unpaired) electrons. The number of carbonyl (C=O) groups is 2. The van der Waals surface area contributed by atoms with Crippen LogP contribution in [0.1, 0.15) is 18.4 Å². The number of ether oxygens (including phenoxy) is 2. The van der Waals surface area contributed by atoms with E-state index in [1.165, 1.54) is 13.2 Å². The molecule has 5 nitrogen and oxygen atoms in total. The van der Waals surface area contributed by atoms with Crippen LogP contribution >= 0.6 is 11.6 Å². The Morgan fingerprint density at radius 2 is 2.19 bits per heavy atom. The number of methoxy groups -OCH3 is 1. The Morgan fingerprint density at radius 1 is 1.43 bits per heavy atom. The van der Waals surface area contributed by atoms with Crippen LogP contribution in [0.25, 0.3) is 6.08 Å². The SMILES string of the molecule is COC(=O)/C(C#N)=C\c1cccc(OC(=O)CCCCl)c1. The average Bonchev–Trinajstić information content (AvgIpc) is 2.50. The predicted octanol–water partition coefficient (Wildman–Crippen LogP) is 2.69. The Labute approximate surface area is 127 Å². The Balaban J connectivity index is 2.86. The first-order chi connectivity index (χ1) is 10.1. The van der Waals surface area contributed by atoms with Gasteiger partial charge in [0, 0.05) is 12.3 Å². The molecule has 0 aliphatic heterocycles. The highest BCUT2D eigenvalue weighted by molar-refractivity contribution is 6.17. The van der Waals surface area contributed by atoms with Crippen LogP contribution in [-0.2, 0) is 14.3 Å². The van der Waals surface area contributed by atoms with Crippen molar-refractivity contribution in [2.45, 2.75) is 12.8 Å². The van der Waals surface area contributed by atoms with E-state index in [4.69, 9.17) is 21.6 Å². The molecule has 0 aliphatic carbocycles. The summed E-state index contributed by atoms with van der Waals surface area (Å²) in [5, 5.41) is 8.88. The Morgan fingerprint density at radius 3 is 2.81 bits per heavy atom. The summed E-state index contributed by atoms with van der Waals surface area (Å²) in [6, 6.07) is 8.25. The van der Waals surface area contributed by atoms with Gasteiger partial charge < -0.3 is 9.47 Å². The second-order valence-electron chi connectivity index (χ2n) is 4.00. The Hall–Kier alpha value is -2.32. The first kappa shape index (κ1) is 16.7. The van der Waals surface area contributed by atoms with Crippen molar-refractivity contribution in [2.75, 3.05) is 13.0 Å². The number of rotatable bonds is 6. The van der Waals surface area contributed by atoms with Crippen LogP contribution < -0.4 is 4.74 Å². The standard InChI is InChI=1S/C15H14ClNO4/c1-20-15(19)12(10-17)8-11-4-2-5-13(9-11)21-14(18)6-3-7-16/h2,4-5,8-9H,3,6-7H2,1H3/b12-8-. The van der Waals surface area contributed by atoms with Gasteiger partial charge in [-0.1, -0.05) is 12.1 Å². The number of hydrogen-bond acceptors (Lipinski definition) is 5. The van der Waals surface area contributed by atoms with Crippen LogP contribution in [0.2, 0.25) is 0 Å². The minimum Gasteiger partial charge on any atom is -0.465 e. The third-order valence-electron chi connectivity index (χ3n) is 2.44. The lowest BCUT2D eigenvalue weighted by atomic mass is 10.1. The summed E-state index contributed by atoms with van der Waals surface area (Å²) in [4.78, 5) is 22.8. The van der Waals surface area contributed by atoms with Crippen molar-refractivity contribution in [2.24, 2.45) is 0 Å². The molecule has 1 aromatic rings. The van der Waals surface area contributed by atoms with Crippen LogP contribution in [0, 0.1) is 11.3 Å². The maximum Gasteiger partial charge on any atom is 0.348 e. The highest BCUT2D eigenvalue weighted by atomic mass is 35.5. The lowest BCUT2D eigenvalue weighted by Crippen LogP contribution is -2.07. The van der Waals surface area contributed by atoms with E-state index in [1.54, 1.807) is 30.3 Å². The molecule has 0 spiro atoms. The molecule has 110 valence electrons. The molecule has 0 heterocycles. The number of nitrogens with zero attached hydrogens (tertiary/aromatic N) is 1. The van der Waals surface area contributed by atoms with Crippen molar-refractivity contribution in [1.82, 2.24) is 0 Å². The van der Waals surface area contributed by atoms with Crippen molar-refractivity contribution in [3.8, 4) is 11.8 Å². The van der Waals surface area contributed by atoms with Gasteiger partial charge in [-0.05, 0) is 30.2 Å². The van der Waals surface area contributed by atoms with Crippen LogP contribution in [0.5, 0.6) is 5.75 Å². The smallest absolute Gasteiger partial charge is 0.348 e. The van der Waals surface area contributed by atoms with E-state index in [0.29, 0.717) is 23.6 Å². The summed E-state index contributed by atoms with van der Waals surface area (Å²) < 4.78 is 9.62. The Bertz CT molecular complexity index is 590. The summed E-state index contributed by atoms with van der Waals surface area (Å²) in [7, 11) is 1.20. The monoisotopic (exact) mass is 307 g/mol. The quantitative estimate of drug-likeness (QED) is 0.265. The number of hydrogen-bond donors (Lipinski definition) is 0. The van der Waals surface area contributed by atoms with Gasteiger partial charge in [-0.3, -0.25) is 4.79 Å². The van der Waals surface area contributed by atoms with Crippen molar-refractivity contribution >= 4 is 29.6 Å². The molecule has 0 atom stereocenters. The minimum absolute atomic E-state index is 0.136. The molecule has 1 aromatic carbocycles. The van der Waals surface area contributed by atoms with Gasteiger partial charge in [0.2, 0.25) is 0 Å². The molecule has 0 unspecified atom stereocenters. The third-order valence-corrected chi connectivity index (χ3v) is 2.71. The fraction of sp³-hybridized carbons (Fsp3) is 0.267. The first-order valence-corrected chi connectivity index (χ1v) is 6.71. The maximum atomic E-state index is 11.5. The lowest BCUT2D eigenvalue weighted by molar-refractivity contribution is -0.136. The zero-order valence-corrected chi connectivity index (χ0v) is 12.2. The molecule has 0 bridgehead atoms. The second-order valence-corrected chi connectivity index (χ2v) is 4.38. The van der Waals surface area contributed by atoms with E-state index in [1.807, 2.05) is 0 Å².